The fraction of sp³-hybridized carbons (Fsp3) is 0.286. The number of nitrogens with zero attached hydrogens (tertiary/aromatic N) is 1. The third-order valence-corrected chi connectivity index (χ3v) is 2.95. The minimum atomic E-state index is -0.173. The van der Waals surface area contributed by atoms with Gasteiger partial charge in [-0.3, -0.25) is 4.79 Å². The Morgan fingerprint density at radius 3 is 2.80 bits per heavy atom. The smallest absolute Gasteiger partial charge is 0.251 e. The SMILES string of the molecule is COCCNCc1cc(=O)[nH]c(-c2ccc(Cl)cc2)n1. The number of methoxy groups -OCH3 is 1. The van der Waals surface area contributed by atoms with Crippen LogP contribution >= 0.6 is 11.6 Å². The Kier molecular flexibility index (Phi) is 5.29. The van der Waals surface area contributed by atoms with E-state index >= 15 is 0 Å². The molecule has 2 aromatic rings. The first-order valence-electron chi connectivity index (χ1n) is 6.25. The quantitative estimate of drug-likeness (QED) is 0.798. The molecule has 0 spiro atoms. The third kappa shape index (κ3) is 4.16. The van der Waals surface area contributed by atoms with Crippen LogP contribution in [0.1, 0.15) is 5.69 Å². The molecule has 0 saturated carbocycles. The first-order valence-corrected chi connectivity index (χ1v) is 6.62. The molecule has 106 valence electrons. The molecule has 0 unspecified atom stereocenters. The lowest BCUT2D eigenvalue weighted by molar-refractivity contribution is 0.199. The van der Waals surface area contributed by atoms with Gasteiger partial charge in [-0.05, 0) is 24.3 Å². The van der Waals surface area contributed by atoms with Crippen LogP contribution < -0.4 is 10.9 Å². The molecule has 2 N–H and O–H groups in total. The number of aromatic nitrogens is 2. The number of rotatable bonds is 6. The summed E-state index contributed by atoms with van der Waals surface area (Å²) in [5.41, 5.74) is 1.34. The molecule has 20 heavy (non-hydrogen) atoms. The summed E-state index contributed by atoms with van der Waals surface area (Å²) < 4.78 is 4.94. The normalized spacial score (nSPS) is 10.7. The number of benzene rings is 1. The van der Waals surface area contributed by atoms with E-state index in [1.807, 2.05) is 12.1 Å². The van der Waals surface area contributed by atoms with Crippen LogP contribution in [0, 0.1) is 0 Å². The van der Waals surface area contributed by atoms with Gasteiger partial charge in [0.2, 0.25) is 0 Å². The van der Waals surface area contributed by atoms with Gasteiger partial charge in [0.15, 0.2) is 0 Å². The molecule has 0 radical (unpaired) electrons. The Morgan fingerprint density at radius 1 is 1.35 bits per heavy atom. The van der Waals surface area contributed by atoms with Crippen molar-refractivity contribution in [3.8, 4) is 11.4 Å². The molecule has 0 aliphatic rings. The Hall–Kier alpha value is -1.69. The maximum atomic E-state index is 11.7. The molecule has 1 aromatic heterocycles. The lowest BCUT2D eigenvalue weighted by atomic mass is 10.2. The summed E-state index contributed by atoms with van der Waals surface area (Å²) >= 11 is 5.85. The van der Waals surface area contributed by atoms with Crippen LogP contribution in [0.15, 0.2) is 35.1 Å². The molecule has 0 bridgehead atoms. The van der Waals surface area contributed by atoms with Gasteiger partial charge in [0, 0.05) is 36.9 Å². The molecule has 0 saturated heterocycles. The summed E-state index contributed by atoms with van der Waals surface area (Å²) in [6.07, 6.45) is 0. The van der Waals surface area contributed by atoms with Crippen molar-refractivity contribution in [2.45, 2.75) is 6.54 Å². The number of ether oxygens (including phenoxy) is 1. The highest BCUT2D eigenvalue weighted by Crippen LogP contribution is 2.17. The Bertz CT molecular complexity index is 611. The highest BCUT2D eigenvalue weighted by molar-refractivity contribution is 6.30. The maximum Gasteiger partial charge on any atom is 0.251 e. The van der Waals surface area contributed by atoms with Crippen LogP contribution in [0.5, 0.6) is 0 Å². The van der Waals surface area contributed by atoms with Crippen LogP contribution in [0.3, 0.4) is 0 Å². The fourth-order valence-electron chi connectivity index (χ4n) is 1.73. The molecule has 0 amide bonds. The van der Waals surface area contributed by atoms with Gasteiger partial charge < -0.3 is 15.0 Å². The lowest BCUT2D eigenvalue weighted by Gasteiger charge is -2.06. The molecule has 0 atom stereocenters. The van der Waals surface area contributed by atoms with Crippen molar-refractivity contribution in [3.05, 3.63) is 51.4 Å². The molecule has 5 nitrogen and oxygen atoms in total. The van der Waals surface area contributed by atoms with Gasteiger partial charge in [-0.2, -0.15) is 0 Å². The van der Waals surface area contributed by atoms with Crippen LogP contribution in [0.4, 0.5) is 0 Å². The zero-order valence-electron chi connectivity index (χ0n) is 11.1. The van der Waals surface area contributed by atoms with Crippen LogP contribution in [-0.2, 0) is 11.3 Å². The van der Waals surface area contributed by atoms with Crippen LogP contribution in [0.25, 0.3) is 11.4 Å². The standard InChI is InChI=1S/C14H16ClN3O2/c1-20-7-6-16-9-12-8-13(19)18-14(17-12)10-2-4-11(15)5-3-10/h2-5,8,16H,6-7,9H2,1H3,(H,17,18,19). The molecule has 0 aliphatic heterocycles. The fourth-order valence-corrected chi connectivity index (χ4v) is 1.86. The first kappa shape index (κ1) is 14.7. The maximum absolute atomic E-state index is 11.7. The van der Waals surface area contributed by atoms with Gasteiger partial charge in [0.1, 0.15) is 5.82 Å². The summed E-state index contributed by atoms with van der Waals surface area (Å²) in [5.74, 6) is 0.540. The van der Waals surface area contributed by atoms with Gasteiger partial charge >= 0.3 is 0 Å². The Labute approximate surface area is 122 Å². The average Bonchev–Trinajstić information content (AvgIpc) is 2.44. The first-order chi connectivity index (χ1) is 9.69. The summed E-state index contributed by atoms with van der Waals surface area (Å²) in [5, 5.41) is 3.80. The molecule has 1 heterocycles. The predicted molar refractivity (Wildman–Crippen MR) is 78.9 cm³/mol. The van der Waals surface area contributed by atoms with E-state index in [1.165, 1.54) is 6.07 Å². The molecule has 1 aromatic carbocycles. The third-order valence-electron chi connectivity index (χ3n) is 2.70. The Morgan fingerprint density at radius 2 is 2.10 bits per heavy atom. The number of H-pyrrole nitrogens is 1. The number of nitrogens with one attached hydrogen (secondary N) is 2. The molecule has 2 rings (SSSR count). The highest BCUT2D eigenvalue weighted by atomic mass is 35.5. The summed E-state index contributed by atoms with van der Waals surface area (Å²) in [4.78, 5) is 18.8. The average molecular weight is 294 g/mol. The van der Waals surface area contributed by atoms with Crippen molar-refractivity contribution in [2.24, 2.45) is 0 Å². The number of hydrogen-bond acceptors (Lipinski definition) is 4. The largest absolute Gasteiger partial charge is 0.383 e. The van der Waals surface area contributed by atoms with Gasteiger partial charge in [-0.15, -0.1) is 0 Å². The van der Waals surface area contributed by atoms with Gasteiger partial charge in [0.05, 0.1) is 12.3 Å². The number of halogens is 1. The van der Waals surface area contributed by atoms with E-state index in [2.05, 4.69) is 15.3 Å². The van der Waals surface area contributed by atoms with Crippen molar-refractivity contribution < 1.29 is 4.74 Å². The molecule has 0 aliphatic carbocycles. The van der Waals surface area contributed by atoms with Crippen molar-refractivity contribution in [1.82, 2.24) is 15.3 Å². The number of hydrogen-bond donors (Lipinski definition) is 2. The van der Waals surface area contributed by atoms with Crippen LogP contribution in [-0.4, -0.2) is 30.2 Å². The monoisotopic (exact) mass is 293 g/mol. The molecule has 0 fully saturated rings. The van der Waals surface area contributed by atoms with Crippen molar-refractivity contribution in [3.63, 3.8) is 0 Å². The van der Waals surface area contributed by atoms with E-state index in [9.17, 15) is 4.79 Å². The second-order valence-electron chi connectivity index (χ2n) is 4.26. The topological polar surface area (TPSA) is 67.0 Å². The summed E-state index contributed by atoms with van der Waals surface area (Å²) in [6.45, 7) is 1.85. The van der Waals surface area contributed by atoms with Crippen molar-refractivity contribution >= 4 is 11.6 Å². The van der Waals surface area contributed by atoms with E-state index in [0.29, 0.717) is 36.2 Å². The summed E-state index contributed by atoms with van der Waals surface area (Å²) in [6, 6.07) is 8.66. The molecule has 6 heteroatoms. The zero-order chi connectivity index (χ0) is 14.4. The van der Waals surface area contributed by atoms with E-state index in [1.54, 1.807) is 19.2 Å². The van der Waals surface area contributed by atoms with Gasteiger partial charge in [0.25, 0.3) is 5.56 Å². The van der Waals surface area contributed by atoms with Gasteiger partial charge in [-0.1, -0.05) is 11.6 Å². The Balaban J connectivity index is 2.16. The van der Waals surface area contributed by atoms with Crippen molar-refractivity contribution in [1.29, 1.82) is 0 Å². The molecular weight excluding hydrogens is 278 g/mol. The minimum absolute atomic E-state index is 0.173. The second kappa shape index (κ2) is 7.19. The second-order valence-corrected chi connectivity index (χ2v) is 4.70. The van der Waals surface area contributed by atoms with E-state index in [-0.39, 0.29) is 5.56 Å². The van der Waals surface area contributed by atoms with Crippen LogP contribution in [0.2, 0.25) is 5.02 Å². The van der Waals surface area contributed by atoms with E-state index in [0.717, 1.165) is 5.56 Å². The highest BCUT2D eigenvalue weighted by Gasteiger charge is 2.04. The molecular formula is C14H16ClN3O2. The van der Waals surface area contributed by atoms with Gasteiger partial charge in [-0.25, -0.2) is 4.98 Å². The predicted octanol–water partition coefficient (Wildman–Crippen LogP) is 1.83. The summed E-state index contributed by atoms with van der Waals surface area (Å²) in [7, 11) is 1.64. The van der Waals surface area contributed by atoms with E-state index in [4.69, 9.17) is 16.3 Å². The number of aromatic amines is 1. The zero-order valence-corrected chi connectivity index (χ0v) is 11.9. The lowest BCUT2D eigenvalue weighted by Crippen LogP contribution is -2.21. The van der Waals surface area contributed by atoms with Crippen molar-refractivity contribution in [2.75, 3.05) is 20.3 Å². The van der Waals surface area contributed by atoms with E-state index < -0.39 is 0 Å². The minimum Gasteiger partial charge on any atom is -0.383 e.